The summed E-state index contributed by atoms with van der Waals surface area (Å²) < 4.78 is 21.3. The van der Waals surface area contributed by atoms with Crippen LogP contribution in [0.5, 0.6) is 11.6 Å². The minimum atomic E-state index is -0.323. The van der Waals surface area contributed by atoms with E-state index in [0.717, 1.165) is 16.9 Å². The maximum atomic E-state index is 13.3. The number of benzene rings is 2. The molecule has 3 rings (SSSR count). The Bertz CT molecular complexity index is 982. The van der Waals surface area contributed by atoms with Crippen LogP contribution in [-0.4, -0.2) is 33.7 Å². The van der Waals surface area contributed by atoms with E-state index in [-0.39, 0.29) is 17.8 Å². The standard InChI is InChI=1S/C24H28FN3O2/c1-5-22-21(15-16-23(29)27(4)17(2)3)24(30-20-13-11-18(25)12-14-20)28(26-22)19-9-7-6-8-10-19/h6-14,17H,5,15-16H2,1-4H3. The van der Waals surface area contributed by atoms with Crippen LogP contribution in [0.4, 0.5) is 4.39 Å². The summed E-state index contributed by atoms with van der Waals surface area (Å²) in [7, 11) is 1.82. The first-order chi connectivity index (χ1) is 14.4. The van der Waals surface area contributed by atoms with Crippen LogP contribution in [0.3, 0.4) is 0 Å². The van der Waals surface area contributed by atoms with E-state index in [1.54, 1.807) is 21.7 Å². The van der Waals surface area contributed by atoms with Crippen molar-refractivity contribution in [3.63, 3.8) is 0 Å². The van der Waals surface area contributed by atoms with E-state index in [1.165, 1.54) is 12.1 Å². The van der Waals surface area contributed by atoms with Gasteiger partial charge in [-0.1, -0.05) is 25.1 Å². The van der Waals surface area contributed by atoms with Crippen LogP contribution in [0, 0.1) is 5.82 Å². The van der Waals surface area contributed by atoms with E-state index >= 15 is 0 Å². The lowest BCUT2D eigenvalue weighted by Gasteiger charge is -2.21. The molecule has 0 saturated heterocycles. The summed E-state index contributed by atoms with van der Waals surface area (Å²) in [5, 5.41) is 4.76. The lowest BCUT2D eigenvalue weighted by molar-refractivity contribution is -0.131. The van der Waals surface area contributed by atoms with Crippen molar-refractivity contribution >= 4 is 5.91 Å². The van der Waals surface area contributed by atoms with Crippen molar-refractivity contribution in [2.75, 3.05) is 7.05 Å². The number of amides is 1. The third kappa shape index (κ3) is 4.87. The number of carbonyl (C=O) groups is 1. The van der Waals surface area contributed by atoms with E-state index in [9.17, 15) is 9.18 Å². The maximum Gasteiger partial charge on any atom is 0.226 e. The third-order valence-corrected chi connectivity index (χ3v) is 5.14. The molecule has 0 unspecified atom stereocenters. The van der Waals surface area contributed by atoms with Gasteiger partial charge in [0, 0.05) is 25.1 Å². The van der Waals surface area contributed by atoms with Crippen LogP contribution >= 0.6 is 0 Å². The highest BCUT2D eigenvalue weighted by atomic mass is 19.1. The van der Waals surface area contributed by atoms with Crippen molar-refractivity contribution in [1.82, 2.24) is 14.7 Å². The summed E-state index contributed by atoms with van der Waals surface area (Å²) >= 11 is 0. The zero-order valence-corrected chi connectivity index (χ0v) is 17.9. The fourth-order valence-electron chi connectivity index (χ4n) is 3.17. The Labute approximate surface area is 177 Å². The minimum Gasteiger partial charge on any atom is -0.439 e. The van der Waals surface area contributed by atoms with Crippen molar-refractivity contribution in [2.24, 2.45) is 0 Å². The fourth-order valence-corrected chi connectivity index (χ4v) is 3.17. The molecule has 0 aliphatic rings. The van der Waals surface area contributed by atoms with Crippen LogP contribution in [0.15, 0.2) is 54.6 Å². The molecule has 0 atom stereocenters. The van der Waals surface area contributed by atoms with Crippen LogP contribution in [0.25, 0.3) is 5.69 Å². The number of para-hydroxylation sites is 1. The highest BCUT2D eigenvalue weighted by molar-refractivity contribution is 5.76. The first-order valence-corrected chi connectivity index (χ1v) is 10.3. The molecule has 1 amide bonds. The van der Waals surface area contributed by atoms with Crippen LogP contribution in [-0.2, 0) is 17.6 Å². The summed E-state index contributed by atoms with van der Waals surface area (Å²) in [6.07, 6.45) is 1.59. The van der Waals surface area contributed by atoms with Crippen molar-refractivity contribution in [1.29, 1.82) is 0 Å². The van der Waals surface area contributed by atoms with Crippen molar-refractivity contribution in [2.45, 2.75) is 46.1 Å². The van der Waals surface area contributed by atoms with Gasteiger partial charge in [-0.25, -0.2) is 9.07 Å². The molecule has 0 N–H and O–H groups in total. The lowest BCUT2D eigenvalue weighted by atomic mass is 10.1. The van der Waals surface area contributed by atoms with Gasteiger partial charge in [-0.2, -0.15) is 5.10 Å². The molecular weight excluding hydrogens is 381 g/mol. The second kappa shape index (κ2) is 9.57. The number of hydrogen-bond acceptors (Lipinski definition) is 3. The number of halogens is 1. The molecule has 0 bridgehead atoms. The van der Waals surface area contributed by atoms with Gasteiger partial charge in [0.05, 0.1) is 11.4 Å². The van der Waals surface area contributed by atoms with Gasteiger partial charge in [-0.15, -0.1) is 0 Å². The second-order valence-corrected chi connectivity index (χ2v) is 7.49. The summed E-state index contributed by atoms with van der Waals surface area (Å²) in [6.45, 7) is 6.02. The smallest absolute Gasteiger partial charge is 0.226 e. The summed E-state index contributed by atoms with van der Waals surface area (Å²) in [4.78, 5) is 14.3. The molecule has 1 aromatic heterocycles. The van der Waals surface area contributed by atoms with E-state index in [1.807, 2.05) is 58.2 Å². The molecule has 0 aliphatic carbocycles. The highest BCUT2D eigenvalue weighted by Crippen LogP contribution is 2.32. The van der Waals surface area contributed by atoms with E-state index in [0.29, 0.717) is 30.9 Å². The van der Waals surface area contributed by atoms with Gasteiger partial charge in [0.25, 0.3) is 0 Å². The Morgan fingerprint density at radius 3 is 2.40 bits per heavy atom. The number of aryl methyl sites for hydroxylation is 1. The van der Waals surface area contributed by atoms with E-state index in [2.05, 4.69) is 0 Å². The zero-order chi connectivity index (χ0) is 21.7. The normalized spacial score (nSPS) is 11.0. The fraction of sp³-hybridized carbons (Fsp3) is 0.333. The summed E-state index contributed by atoms with van der Waals surface area (Å²) in [6, 6.07) is 15.8. The predicted molar refractivity (Wildman–Crippen MR) is 116 cm³/mol. The number of aromatic nitrogens is 2. The Morgan fingerprint density at radius 1 is 1.13 bits per heavy atom. The second-order valence-electron chi connectivity index (χ2n) is 7.49. The number of nitrogens with zero attached hydrogens (tertiary/aromatic N) is 3. The SMILES string of the molecule is CCc1nn(-c2ccccc2)c(Oc2ccc(F)cc2)c1CCC(=O)N(C)C(C)C. The Balaban J connectivity index is 1.99. The van der Waals surface area contributed by atoms with Gasteiger partial charge < -0.3 is 9.64 Å². The molecule has 6 heteroatoms. The molecule has 0 spiro atoms. The van der Waals surface area contributed by atoms with Crippen LogP contribution in [0.1, 0.15) is 38.4 Å². The van der Waals surface area contributed by atoms with Crippen LogP contribution < -0.4 is 4.74 Å². The van der Waals surface area contributed by atoms with Gasteiger partial charge >= 0.3 is 0 Å². The number of ether oxygens (including phenoxy) is 1. The largest absolute Gasteiger partial charge is 0.439 e. The molecule has 3 aromatic rings. The molecule has 2 aromatic carbocycles. The van der Waals surface area contributed by atoms with E-state index in [4.69, 9.17) is 9.84 Å². The number of hydrogen-bond donors (Lipinski definition) is 0. The summed E-state index contributed by atoms with van der Waals surface area (Å²) in [5.41, 5.74) is 2.65. The van der Waals surface area contributed by atoms with Gasteiger partial charge in [-0.05, 0) is 63.1 Å². The van der Waals surface area contributed by atoms with Gasteiger partial charge in [0.15, 0.2) is 0 Å². The first-order valence-electron chi connectivity index (χ1n) is 10.3. The Morgan fingerprint density at radius 2 is 1.80 bits per heavy atom. The van der Waals surface area contributed by atoms with Crippen molar-refractivity contribution in [3.05, 3.63) is 71.7 Å². The zero-order valence-electron chi connectivity index (χ0n) is 17.9. The van der Waals surface area contributed by atoms with Crippen molar-refractivity contribution in [3.8, 4) is 17.3 Å². The average Bonchev–Trinajstić information content (AvgIpc) is 3.10. The molecule has 0 fully saturated rings. The van der Waals surface area contributed by atoms with Gasteiger partial charge in [0.2, 0.25) is 11.8 Å². The third-order valence-electron chi connectivity index (χ3n) is 5.14. The van der Waals surface area contributed by atoms with Crippen LogP contribution in [0.2, 0.25) is 0 Å². The average molecular weight is 410 g/mol. The van der Waals surface area contributed by atoms with E-state index < -0.39 is 0 Å². The molecule has 1 heterocycles. The predicted octanol–water partition coefficient (Wildman–Crippen LogP) is 5.17. The topological polar surface area (TPSA) is 47.4 Å². The minimum absolute atomic E-state index is 0.0762. The molecular formula is C24H28FN3O2. The lowest BCUT2D eigenvalue weighted by Crippen LogP contribution is -2.33. The summed E-state index contributed by atoms with van der Waals surface area (Å²) in [5.74, 6) is 0.829. The highest BCUT2D eigenvalue weighted by Gasteiger charge is 2.22. The number of carbonyl (C=O) groups excluding carboxylic acids is 1. The monoisotopic (exact) mass is 409 g/mol. The molecule has 5 nitrogen and oxygen atoms in total. The molecule has 0 radical (unpaired) electrons. The number of rotatable bonds is 8. The Kier molecular flexibility index (Phi) is 6.87. The maximum absolute atomic E-state index is 13.3. The molecule has 0 aliphatic heterocycles. The van der Waals surface area contributed by atoms with Crippen molar-refractivity contribution < 1.29 is 13.9 Å². The Hall–Kier alpha value is -3.15. The molecule has 158 valence electrons. The quantitative estimate of drug-likeness (QED) is 0.516. The first kappa shape index (κ1) is 21.6. The van der Waals surface area contributed by atoms with Gasteiger partial charge in [-0.3, -0.25) is 4.79 Å². The molecule has 0 saturated carbocycles. The van der Waals surface area contributed by atoms with Gasteiger partial charge in [0.1, 0.15) is 11.6 Å². The molecule has 30 heavy (non-hydrogen) atoms.